The number of rotatable bonds is 5. The average molecular weight is 236 g/mol. The molecule has 17 heavy (non-hydrogen) atoms. The van der Waals surface area contributed by atoms with Crippen molar-refractivity contribution >= 4 is 0 Å². The Balaban J connectivity index is 1.74. The molecule has 0 spiro atoms. The average Bonchev–Trinajstić information content (AvgIpc) is 2.88. The summed E-state index contributed by atoms with van der Waals surface area (Å²) in [6, 6.07) is 2.74. The summed E-state index contributed by atoms with van der Waals surface area (Å²) < 4.78 is 5.10. The van der Waals surface area contributed by atoms with Gasteiger partial charge in [0.1, 0.15) is 0 Å². The summed E-state index contributed by atoms with van der Waals surface area (Å²) in [5.74, 6) is 0.828. The molecule has 3 heteroatoms. The third-order valence-electron chi connectivity index (χ3n) is 3.65. The lowest BCUT2D eigenvalue weighted by atomic mass is 10.1. The van der Waals surface area contributed by atoms with Gasteiger partial charge in [0.25, 0.3) is 0 Å². The highest BCUT2D eigenvalue weighted by molar-refractivity contribution is 5.04. The molecule has 1 fully saturated rings. The van der Waals surface area contributed by atoms with Crippen molar-refractivity contribution in [2.24, 2.45) is 5.92 Å². The Morgan fingerprint density at radius 3 is 2.94 bits per heavy atom. The highest BCUT2D eigenvalue weighted by atomic mass is 16.3. The minimum absolute atomic E-state index is 0.694. The van der Waals surface area contributed by atoms with Gasteiger partial charge in [0.05, 0.1) is 12.5 Å². The minimum atomic E-state index is 0.694. The monoisotopic (exact) mass is 236 g/mol. The minimum Gasteiger partial charge on any atom is -0.472 e. The first-order valence-corrected chi connectivity index (χ1v) is 6.59. The van der Waals surface area contributed by atoms with Gasteiger partial charge in [-0.1, -0.05) is 0 Å². The largest absolute Gasteiger partial charge is 0.472 e. The van der Waals surface area contributed by atoms with Crippen LogP contribution in [0.3, 0.4) is 0 Å². The first-order chi connectivity index (χ1) is 8.15. The summed E-state index contributed by atoms with van der Waals surface area (Å²) >= 11 is 0. The van der Waals surface area contributed by atoms with Crippen LogP contribution in [0.1, 0.15) is 25.8 Å². The standard InChI is InChI=1S/C14H24N2O/c1-12(2)16-6-4-13(10-16)8-15(3)9-14-5-7-17-11-14/h5,7,11-13H,4,6,8-10H2,1-3H3. The lowest BCUT2D eigenvalue weighted by molar-refractivity contribution is 0.235. The van der Waals surface area contributed by atoms with E-state index in [9.17, 15) is 0 Å². The third-order valence-corrected chi connectivity index (χ3v) is 3.65. The highest BCUT2D eigenvalue weighted by Crippen LogP contribution is 2.19. The van der Waals surface area contributed by atoms with E-state index in [0.717, 1.165) is 12.5 Å². The van der Waals surface area contributed by atoms with Crippen LogP contribution >= 0.6 is 0 Å². The molecule has 3 nitrogen and oxygen atoms in total. The van der Waals surface area contributed by atoms with Crippen LogP contribution in [0.5, 0.6) is 0 Å². The van der Waals surface area contributed by atoms with Gasteiger partial charge in [-0.3, -0.25) is 0 Å². The zero-order valence-electron chi connectivity index (χ0n) is 11.2. The first-order valence-electron chi connectivity index (χ1n) is 6.59. The van der Waals surface area contributed by atoms with Crippen molar-refractivity contribution < 1.29 is 4.42 Å². The molecule has 1 aromatic heterocycles. The van der Waals surface area contributed by atoms with Gasteiger partial charge in [-0.05, 0) is 45.8 Å². The molecule has 0 bridgehead atoms. The molecular formula is C14H24N2O. The zero-order chi connectivity index (χ0) is 12.3. The van der Waals surface area contributed by atoms with Crippen LogP contribution < -0.4 is 0 Å². The molecule has 0 amide bonds. The Morgan fingerprint density at radius 2 is 2.35 bits per heavy atom. The molecule has 96 valence electrons. The zero-order valence-corrected chi connectivity index (χ0v) is 11.2. The maximum Gasteiger partial charge on any atom is 0.0947 e. The summed E-state index contributed by atoms with van der Waals surface area (Å²) in [5, 5.41) is 0. The summed E-state index contributed by atoms with van der Waals surface area (Å²) in [6.07, 6.45) is 4.93. The van der Waals surface area contributed by atoms with Crippen LogP contribution in [-0.4, -0.2) is 42.5 Å². The Morgan fingerprint density at radius 1 is 1.53 bits per heavy atom. The van der Waals surface area contributed by atoms with E-state index in [4.69, 9.17) is 4.42 Å². The van der Waals surface area contributed by atoms with E-state index in [0.29, 0.717) is 6.04 Å². The number of hydrogen-bond acceptors (Lipinski definition) is 3. The van der Waals surface area contributed by atoms with Gasteiger partial charge >= 0.3 is 0 Å². The van der Waals surface area contributed by atoms with Crippen molar-refractivity contribution in [1.82, 2.24) is 9.80 Å². The van der Waals surface area contributed by atoms with Gasteiger partial charge in [-0.15, -0.1) is 0 Å². The van der Waals surface area contributed by atoms with Gasteiger partial charge in [0.2, 0.25) is 0 Å². The smallest absolute Gasteiger partial charge is 0.0947 e. The van der Waals surface area contributed by atoms with Crippen LogP contribution in [0.2, 0.25) is 0 Å². The van der Waals surface area contributed by atoms with Crippen LogP contribution in [0.15, 0.2) is 23.0 Å². The third kappa shape index (κ3) is 3.58. The molecule has 1 aliphatic heterocycles. The van der Waals surface area contributed by atoms with Gasteiger partial charge in [0.15, 0.2) is 0 Å². The highest BCUT2D eigenvalue weighted by Gasteiger charge is 2.24. The molecule has 1 aromatic rings. The fraction of sp³-hybridized carbons (Fsp3) is 0.714. The maximum atomic E-state index is 5.10. The molecule has 1 aliphatic rings. The van der Waals surface area contributed by atoms with Gasteiger partial charge in [0, 0.05) is 31.2 Å². The number of nitrogens with zero attached hydrogens (tertiary/aromatic N) is 2. The molecule has 1 atom stereocenters. The van der Waals surface area contributed by atoms with Gasteiger partial charge in [-0.25, -0.2) is 0 Å². The Hall–Kier alpha value is -0.800. The quantitative estimate of drug-likeness (QED) is 0.783. The molecule has 2 heterocycles. The fourth-order valence-corrected chi connectivity index (χ4v) is 2.68. The maximum absolute atomic E-state index is 5.10. The predicted molar refractivity (Wildman–Crippen MR) is 69.9 cm³/mol. The SMILES string of the molecule is CC(C)N1CCC(CN(C)Cc2ccoc2)C1. The number of furan rings is 1. The van der Waals surface area contributed by atoms with Gasteiger partial charge in [-0.2, -0.15) is 0 Å². The number of hydrogen-bond donors (Lipinski definition) is 0. The van der Waals surface area contributed by atoms with Crippen molar-refractivity contribution in [1.29, 1.82) is 0 Å². The van der Waals surface area contributed by atoms with Gasteiger partial charge < -0.3 is 14.2 Å². The summed E-state index contributed by atoms with van der Waals surface area (Å²) in [5.41, 5.74) is 1.27. The van der Waals surface area contributed by atoms with E-state index < -0.39 is 0 Å². The Labute approximate surface area is 104 Å². The molecular weight excluding hydrogens is 212 g/mol. The molecule has 0 saturated carbocycles. The summed E-state index contributed by atoms with van der Waals surface area (Å²) in [7, 11) is 2.20. The predicted octanol–water partition coefficient (Wildman–Crippen LogP) is 2.44. The molecule has 2 rings (SSSR count). The van der Waals surface area contributed by atoms with E-state index >= 15 is 0 Å². The second kappa shape index (κ2) is 5.69. The molecule has 1 unspecified atom stereocenters. The summed E-state index contributed by atoms with van der Waals surface area (Å²) in [4.78, 5) is 4.98. The topological polar surface area (TPSA) is 19.6 Å². The lowest BCUT2D eigenvalue weighted by Gasteiger charge is -2.23. The Bertz CT molecular complexity index is 321. The van der Waals surface area contributed by atoms with Crippen LogP contribution in [0, 0.1) is 5.92 Å². The Kier molecular flexibility index (Phi) is 4.24. The molecule has 0 N–H and O–H groups in total. The van der Waals surface area contributed by atoms with Crippen molar-refractivity contribution in [3.8, 4) is 0 Å². The van der Waals surface area contributed by atoms with Crippen molar-refractivity contribution in [3.05, 3.63) is 24.2 Å². The van der Waals surface area contributed by atoms with E-state index in [1.165, 1.54) is 31.6 Å². The van der Waals surface area contributed by atoms with Crippen LogP contribution in [0.25, 0.3) is 0 Å². The molecule has 0 radical (unpaired) electrons. The molecule has 0 aromatic carbocycles. The van der Waals surface area contributed by atoms with Crippen molar-refractivity contribution in [3.63, 3.8) is 0 Å². The fourth-order valence-electron chi connectivity index (χ4n) is 2.68. The second-order valence-corrected chi connectivity index (χ2v) is 5.57. The molecule has 1 saturated heterocycles. The van der Waals surface area contributed by atoms with E-state index in [1.54, 1.807) is 6.26 Å². The van der Waals surface area contributed by atoms with E-state index in [1.807, 2.05) is 12.3 Å². The normalized spacial score (nSPS) is 21.8. The van der Waals surface area contributed by atoms with Crippen LogP contribution in [0.4, 0.5) is 0 Å². The van der Waals surface area contributed by atoms with E-state index in [-0.39, 0.29) is 0 Å². The van der Waals surface area contributed by atoms with Crippen molar-refractivity contribution in [2.75, 3.05) is 26.7 Å². The lowest BCUT2D eigenvalue weighted by Crippen LogP contribution is -2.31. The van der Waals surface area contributed by atoms with E-state index in [2.05, 4.69) is 30.7 Å². The van der Waals surface area contributed by atoms with Crippen LogP contribution in [-0.2, 0) is 6.54 Å². The van der Waals surface area contributed by atoms with Crippen molar-refractivity contribution in [2.45, 2.75) is 32.9 Å². The second-order valence-electron chi connectivity index (χ2n) is 5.57. The number of likely N-dealkylation sites (tertiary alicyclic amines) is 1. The molecule has 0 aliphatic carbocycles. The first kappa shape index (κ1) is 12.7. The summed E-state index contributed by atoms with van der Waals surface area (Å²) in [6.45, 7) is 9.29.